The van der Waals surface area contributed by atoms with Crippen molar-refractivity contribution in [3.8, 4) is 0 Å². The molecule has 0 bridgehead atoms. The molecule has 0 spiro atoms. The van der Waals surface area contributed by atoms with Gasteiger partial charge >= 0.3 is 0 Å². The van der Waals surface area contributed by atoms with E-state index in [2.05, 4.69) is 20.4 Å². The summed E-state index contributed by atoms with van der Waals surface area (Å²) in [5.41, 5.74) is 3.08. The molecule has 1 aliphatic carbocycles. The number of aryl methyl sites for hydroxylation is 2. The number of likely N-dealkylation sites (tertiary alicyclic amines) is 1. The number of carbonyl (C=O) groups is 1. The zero-order valence-corrected chi connectivity index (χ0v) is 15.7. The monoisotopic (exact) mass is 356 g/mol. The number of nitrogens with one attached hydrogen (secondary N) is 1. The van der Waals surface area contributed by atoms with Crippen LogP contribution in [0.5, 0.6) is 0 Å². The van der Waals surface area contributed by atoms with E-state index in [1.165, 1.54) is 19.2 Å². The van der Waals surface area contributed by atoms with Crippen molar-refractivity contribution < 1.29 is 4.79 Å². The van der Waals surface area contributed by atoms with Gasteiger partial charge in [-0.3, -0.25) is 4.79 Å². The number of fused-ring (bicyclic) bond motifs is 1. The molecule has 1 saturated carbocycles. The van der Waals surface area contributed by atoms with Crippen molar-refractivity contribution >= 4 is 11.7 Å². The smallest absolute Gasteiger partial charge is 0.252 e. The molecule has 0 atom stereocenters. The number of nitrogens with zero attached hydrogens (tertiary/aromatic N) is 5. The van der Waals surface area contributed by atoms with Gasteiger partial charge in [-0.05, 0) is 64.0 Å². The summed E-state index contributed by atoms with van der Waals surface area (Å²) in [6.45, 7) is 6.92. The molecule has 0 aromatic carbocycles. The van der Waals surface area contributed by atoms with Crippen LogP contribution in [-0.4, -0.2) is 56.1 Å². The predicted molar refractivity (Wildman–Crippen MR) is 98.9 cm³/mol. The van der Waals surface area contributed by atoms with E-state index < -0.39 is 0 Å². The maximum absolute atomic E-state index is 12.6. The van der Waals surface area contributed by atoms with E-state index in [-0.39, 0.29) is 5.91 Å². The summed E-state index contributed by atoms with van der Waals surface area (Å²) in [4.78, 5) is 23.3. The lowest BCUT2D eigenvalue weighted by Gasteiger charge is -2.32. The molecule has 140 valence electrons. The van der Waals surface area contributed by atoms with Gasteiger partial charge in [-0.2, -0.15) is 10.1 Å². The Hall–Kier alpha value is -2.02. The van der Waals surface area contributed by atoms with Crippen LogP contribution in [0.4, 0.5) is 0 Å². The van der Waals surface area contributed by atoms with Gasteiger partial charge in [0, 0.05) is 36.9 Å². The molecule has 2 aliphatic rings. The molecule has 0 radical (unpaired) electrons. The molecular weight excluding hydrogens is 328 g/mol. The second kappa shape index (κ2) is 7.31. The Bertz CT molecular complexity index is 789. The van der Waals surface area contributed by atoms with Crippen molar-refractivity contribution in [2.45, 2.75) is 58.4 Å². The summed E-state index contributed by atoms with van der Waals surface area (Å²) in [7, 11) is 0. The highest BCUT2D eigenvalue weighted by atomic mass is 16.2. The molecule has 0 unspecified atom stereocenters. The van der Waals surface area contributed by atoms with Crippen LogP contribution in [0.2, 0.25) is 0 Å². The standard InChI is InChI=1S/C19H28N6O/c1-13-17(14(2)25-19(23-13)21-12-22-25)5-6-18(26)24-9-7-16(8-10-24)20-11-15-3-4-15/h12,15-16,20H,3-11H2,1-2H3. The van der Waals surface area contributed by atoms with Crippen LogP contribution in [0.25, 0.3) is 5.78 Å². The van der Waals surface area contributed by atoms with Gasteiger partial charge in [-0.15, -0.1) is 0 Å². The summed E-state index contributed by atoms with van der Waals surface area (Å²) in [5, 5.41) is 7.89. The van der Waals surface area contributed by atoms with Gasteiger partial charge in [0.2, 0.25) is 5.91 Å². The maximum atomic E-state index is 12.6. The lowest BCUT2D eigenvalue weighted by molar-refractivity contribution is -0.132. The Balaban J connectivity index is 1.30. The number of carbonyl (C=O) groups excluding carboxylic acids is 1. The van der Waals surface area contributed by atoms with E-state index in [1.54, 1.807) is 4.52 Å². The fourth-order valence-corrected chi connectivity index (χ4v) is 3.90. The molecule has 1 amide bonds. The molecule has 1 saturated heterocycles. The summed E-state index contributed by atoms with van der Waals surface area (Å²) < 4.78 is 1.75. The second-order valence-electron chi connectivity index (χ2n) is 7.74. The van der Waals surface area contributed by atoms with Crippen molar-refractivity contribution in [3.63, 3.8) is 0 Å². The first-order valence-corrected chi connectivity index (χ1v) is 9.79. The molecule has 7 heteroatoms. The van der Waals surface area contributed by atoms with E-state index in [0.717, 1.165) is 55.3 Å². The van der Waals surface area contributed by atoms with Crippen LogP contribution in [0.1, 0.15) is 49.1 Å². The third-order valence-corrected chi connectivity index (χ3v) is 5.82. The van der Waals surface area contributed by atoms with Crippen molar-refractivity contribution in [1.29, 1.82) is 0 Å². The number of aromatic nitrogens is 4. The lowest BCUT2D eigenvalue weighted by Crippen LogP contribution is -2.45. The van der Waals surface area contributed by atoms with Gasteiger partial charge in [0.15, 0.2) is 0 Å². The predicted octanol–water partition coefficient (Wildman–Crippen LogP) is 1.66. The molecule has 2 fully saturated rings. The number of rotatable bonds is 6. The summed E-state index contributed by atoms with van der Waals surface area (Å²) in [6, 6.07) is 0.586. The normalized spacial score (nSPS) is 18.6. The topological polar surface area (TPSA) is 75.4 Å². The Labute approximate surface area is 154 Å². The van der Waals surface area contributed by atoms with Crippen LogP contribution in [0.15, 0.2) is 6.33 Å². The van der Waals surface area contributed by atoms with Crippen LogP contribution < -0.4 is 5.32 Å². The summed E-state index contributed by atoms with van der Waals surface area (Å²) in [5.74, 6) is 1.79. The van der Waals surface area contributed by atoms with Gasteiger partial charge in [0.1, 0.15) is 6.33 Å². The largest absolute Gasteiger partial charge is 0.343 e. The number of piperidine rings is 1. The van der Waals surface area contributed by atoms with Crippen LogP contribution in [0.3, 0.4) is 0 Å². The molecule has 4 rings (SSSR count). The highest BCUT2D eigenvalue weighted by Crippen LogP contribution is 2.28. The van der Waals surface area contributed by atoms with E-state index in [9.17, 15) is 4.79 Å². The molecule has 3 heterocycles. The zero-order chi connectivity index (χ0) is 18.1. The molecule has 1 aliphatic heterocycles. The average Bonchev–Trinajstić information content (AvgIpc) is 3.36. The third kappa shape index (κ3) is 3.72. The van der Waals surface area contributed by atoms with Crippen molar-refractivity contribution in [1.82, 2.24) is 29.8 Å². The molecular formula is C19H28N6O. The highest BCUT2D eigenvalue weighted by Gasteiger charge is 2.26. The third-order valence-electron chi connectivity index (χ3n) is 5.82. The zero-order valence-electron chi connectivity index (χ0n) is 15.7. The first-order chi connectivity index (χ1) is 12.6. The Morgan fingerprint density at radius 3 is 2.73 bits per heavy atom. The fraction of sp³-hybridized carbons (Fsp3) is 0.684. The van der Waals surface area contributed by atoms with Crippen molar-refractivity contribution in [2.24, 2.45) is 5.92 Å². The van der Waals surface area contributed by atoms with Gasteiger partial charge in [0.05, 0.1) is 0 Å². The van der Waals surface area contributed by atoms with E-state index in [4.69, 9.17) is 0 Å². The van der Waals surface area contributed by atoms with Gasteiger partial charge in [-0.25, -0.2) is 9.50 Å². The Morgan fingerprint density at radius 1 is 1.23 bits per heavy atom. The molecule has 26 heavy (non-hydrogen) atoms. The minimum Gasteiger partial charge on any atom is -0.343 e. The fourth-order valence-electron chi connectivity index (χ4n) is 3.90. The average molecular weight is 356 g/mol. The summed E-state index contributed by atoms with van der Waals surface area (Å²) >= 11 is 0. The van der Waals surface area contributed by atoms with Crippen molar-refractivity contribution in [3.05, 3.63) is 23.3 Å². The van der Waals surface area contributed by atoms with Gasteiger partial charge < -0.3 is 10.2 Å². The lowest BCUT2D eigenvalue weighted by atomic mass is 10.0. The van der Waals surface area contributed by atoms with E-state index in [1.807, 2.05) is 18.7 Å². The van der Waals surface area contributed by atoms with Crippen LogP contribution in [-0.2, 0) is 11.2 Å². The molecule has 2 aromatic heterocycles. The Morgan fingerprint density at radius 2 is 2.00 bits per heavy atom. The maximum Gasteiger partial charge on any atom is 0.252 e. The first kappa shape index (κ1) is 17.4. The number of hydrogen-bond donors (Lipinski definition) is 1. The summed E-state index contributed by atoms with van der Waals surface area (Å²) in [6.07, 6.45) is 7.68. The van der Waals surface area contributed by atoms with Gasteiger partial charge in [-0.1, -0.05) is 0 Å². The second-order valence-corrected chi connectivity index (χ2v) is 7.74. The number of hydrogen-bond acceptors (Lipinski definition) is 5. The van der Waals surface area contributed by atoms with E-state index >= 15 is 0 Å². The van der Waals surface area contributed by atoms with Gasteiger partial charge in [0.25, 0.3) is 5.78 Å². The Kier molecular flexibility index (Phi) is 4.89. The quantitative estimate of drug-likeness (QED) is 0.852. The minimum atomic E-state index is 0.253. The van der Waals surface area contributed by atoms with E-state index in [0.29, 0.717) is 24.7 Å². The molecule has 7 nitrogen and oxygen atoms in total. The van der Waals surface area contributed by atoms with Crippen LogP contribution >= 0.6 is 0 Å². The number of amides is 1. The SMILES string of the molecule is Cc1nc2ncnn2c(C)c1CCC(=O)N1CCC(NCC2CC2)CC1. The van der Waals surface area contributed by atoms with Crippen molar-refractivity contribution in [2.75, 3.05) is 19.6 Å². The minimum absolute atomic E-state index is 0.253. The van der Waals surface area contributed by atoms with Crippen LogP contribution in [0, 0.1) is 19.8 Å². The highest BCUT2D eigenvalue weighted by molar-refractivity contribution is 5.76. The first-order valence-electron chi connectivity index (χ1n) is 9.79. The molecule has 2 aromatic rings. The molecule has 1 N–H and O–H groups in total.